The van der Waals surface area contributed by atoms with Crippen molar-refractivity contribution in [2.45, 2.75) is 46.5 Å². The standard InChI is InChI=1S/C21H31N3O/c1-14(2)18(9-10-22-5)21(23-6)20-16(4)19(12-15(3)24-20)17-8-7-11-25-13-17/h9-10,12,14,17H,7-8,11,13H2,1-6H3/b18-9+,22-10-,23-21-. The molecule has 0 spiro atoms. The number of rotatable bonds is 5. The highest BCUT2D eigenvalue weighted by atomic mass is 16.5. The third-order valence-electron chi connectivity index (χ3n) is 4.79. The summed E-state index contributed by atoms with van der Waals surface area (Å²) < 4.78 is 5.72. The molecule has 0 saturated carbocycles. The van der Waals surface area contributed by atoms with Gasteiger partial charge in [-0.05, 0) is 61.4 Å². The summed E-state index contributed by atoms with van der Waals surface area (Å²) in [7, 11) is 3.63. The van der Waals surface area contributed by atoms with Crippen molar-refractivity contribution in [2.24, 2.45) is 15.9 Å². The summed E-state index contributed by atoms with van der Waals surface area (Å²) in [6.45, 7) is 10.3. The van der Waals surface area contributed by atoms with E-state index >= 15 is 0 Å². The van der Waals surface area contributed by atoms with Crippen molar-refractivity contribution in [3.05, 3.63) is 40.2 Å². The van der Waals surface area contributed by atoms with Crippen LogP contribution in [0.1, 0.15) is 55.1 Å². The van der Waals surface area contributed by atoms with E-state index in [1.165, 1.54) is 23.1 Å². The van der Waals surface area contributed by atoms with Crippen LogP contribution < -0.4 is 0 Å². The van der Waals surface area contributed by atoms with Gasteiger partial charge in [0.15, 0.2) is 0 Å². The van der Waals surface area contributed by atoms with Crippen LogP contribution in [0.2, 0.25) is 0 Å². The molecule has 0 radical (unpaired) electrons. The van der Waals surface area contributed by atoms with Crippen LogP contribution in [0.5, 0.6) is 0 Å². The van der Waals surface area contributed by atoms with Crippen LogP contribution in [-0.2, 0) is 4.74 Å². The molecule has 0 N–H and O–H groups in total. The highest BCUT2D eigenvalue weighted by Crippen LogP contribution is 2.31. The zero-order chi connectivity index (χ0) is 18.4. The fraction of sp³-hybridized carbons (Fsp3) is 0.571. The molecule has 136 valence electrons. The highest BCUT2D eigenvalue weighted by molar-refractivity contribution is 6.14. The van der Waals surface area contributed by atoms with Crippen LogP contribution in [0.25, 0.3) is 0 Å². The number of aryl methyl sites for hydroxylation is 1. The Kier molecular flexibility index (Phi) is 7.06. The molecule has 4 nitrogen and oxygen atoms in total. The van der Waals surface area contributed by atoms with E-state index < -0.39 is 0 Å². The van der Waals surface area contributed by atoms with E-state index in [0.717, 1.165) is 36.7 Å². The number of aliphatic imine (C=N–C) groups is 2. The van der Waals surface area contributed by atoms with Gasteiger partial charge in [-0.15, -0.1) is 0 Å². The van der Waals surface area contributed by atoms with E-state index in [-0.39, 0.29) is 0 Å². The van der Waals surface area contributed by atoms with Crippen LogP contribution in [0.4, 0.5) is 0 Å². The lowest BCUT2D eigenvalue weighted by molar-refractivity contribution is 0.0802. The Hall–Kier alpha value is -1.81. The maximum Gasteiger partial charge on any atom is 0.0919 e. The summed E-state index contributed by atoms with van der Waals surface area (Å²) >= 11 is 0. The van der Waals surface area contributed by atoms with E-state index in [1.807, 2.05) is 13.3 Å². The van der Waals surface area contributed by atoms with E-state index in [0.29, 0.717) is 11.8 Å². The molecule has 1 aromatic rings. The summed E-state index contributed by atoms with van der Waals surface area (Å²) in [6.07, 6.45) is 6.19. The SMILES string of the molecule is C\N=C/C=C(/C(=N/C)c1nc(C)cc(C2CCCOC2)c1C)C(C)C. The fourth-order valence-electron chi connectivity index (χ4n) is 3.47. The lowest BCUT2D eigenvalue weighted by atomic mass is 9.86. The molecule has 1 fully saturated rings. The molecule has 1 aliphatic rings. The van der Waals surface area contributed by atoms with Crippen LogP contribution >= 0.6 is 0 Å². The normalized spacial score (nSPS) is 19.9. The first kappa shape index (κ1) is 19.5. The van der Waals surface area contributed by atoms with Gasteiger partial charge in [0.2, 0.25) is 0 Å². The van der Waals surface area contributed by atoms with Crippen LogP contribution in [0.15, 0.2) is 27.7 Å². The van der Waals surface area contributed by atoms with Crippen molar-refractivity contribution in [2.75, 3.05) is 27.3 Å². The number of hydrogen-bond acceptors (Lipinski definition) is 4. The molecular formula is C21H31N3O. The van der Waals surface area contributed by atoms with Crippen molar-refractivity contribution in [3.8, 4) is 0 Å². The molecule has 0 aromatic carbocycles. The molecule has 1 aliphatic heterocycles. The maximum absolute atomic E-state index is 5.72. The van der Waals surface area contributed by atoms with Crippen molar-refractivity contribution >= 4 is 11.9 Å². The molecule has 2 heterocycles. The van der Waals surface area contributed by atoms with Gasteiger partial charge in [0.1, 0.15) is 0 Å². The van der Waals surface area contributed by atoms with E-state index in [4.69, 9.17) is 9.72 Å². The number of hydrogen-bond donors (Lipinski definition) is 0. The fourth-order valence-corrected chi connectivity index (χ4v) is 3.47. The second kappa shape index (κ2) is 9.04. The summed E-state index contributed by atoms with van der Waals surface area (Å²) in [4.78, 5) is 13.6. The Bertz CT molecular complexity index is 681. The molecule has 1 saturated heterocycles. The average molecular weight is 341 g/mol. The molecule has 1 unspecified atom stereocenters. The number of allylic oxidation sites excluding steroid dienone is 2. The first-order chi connectivity index (χ1) is 12.0. The van der Waals surface area contributed by atoms with Gasteiger partial charge in [0, 0.05) is 38.5 Å². The minimum Gasteiger partial charge on any atom is -0.381 e. The zero-order valence-corrected chi connectivity index (χ0v) is 16.5. The Labute approximate surface area is 152 Å². The van der Waals surface area contributed by atoms with Crippen molar-refractivity contribution in [1.82, 2.24) is 4.98 Å². The van der Waals surface area contributed by atoms with Gasteiger partial charge in [0.25, 0.3) is 0 Å². The Morgan fingerprint density at radius 1 is 1.32 bits per heavy atom. The number of pyridine rings is 1. The second-order valence-corrected chi connectivity index (χ2v) is 7.00. The topological polar surface area (TPSA) is 46.8 Å². The van der Waals surface area contributed by atoms with E-state index in [9.17, 15) is 0 Å². The number of aromatic nitrogens is 1. The van der Waals surface area contributed by atoms with Crippen LogP contribution in [0.3, 0.4) is 0 Å². The molecule has 4 heteroatoms. The van der Waals surface area contributed by atoms with Gasteiger partial charge in [-0.25, -0.2) is 0 Å². The summed E-state index contributed by atoms with van der Waals surface area (Å²) in [5, 5.41) is 0. The molecular weight excluding hydrogens is 310 g/mol. The Morgan fingerprint density at radius 2 is 2.08 bits per heavy atom. The van der Waals surface area contributed by atoms with Crippen molar-refractivity contribution < 1.29 is 4.74 Å². The Morgan fingerprint density at radius 3 is 2.64 bits per heavy atom. The predicted octanol–water partition coefficient (Wildman–Crippen LogP) is 4.29. The van der Waals surface area contributed by atoms with Crippen LogP contribution in [0, 0.1) is 19.8 Å². The largest absolute Gasteiger partial charge is 0.381 e. The lowest BCUT2D eigenvalue weighted by Gasteiger charge is -2.26. The van der Waals surface area contributed by atoms with Gasteiger partial charge in [0.05, 0.1) is 18.0 Å². The smallest absolute Gasteiger partial charge is 0.0919 e. The van der Waals surface area contributed by atoms with Crippen molar-refractivity contribution in [3.63, 3.8) is 0 Å². The third kappa shape index (κ3) is 4.63. The molecule has 1 aromatic heterocycles. The van der Waals surface area contributed by atoms with Gasteiger partial charge in [-0.3, -0.25) is 15.0 Å². The van der Waals surface area contributed by atoms with Gasteiger partial charge in [-0.1, -0.05) is 13.8 Å². The highest BCUT2D eigenvalue weighted by Gasteiger charge is 2.23. The molecule has 1 atom stereocenters. The lowest BCUT2D eigenvalue weighted by Crippen LogP contribution is -2.20. The molecule has 2 rings (SSSR count). The minimum absolute atomic E-state index is 0.347. The molecule has 0 amide bonds. The average Bonchev–Trinajstić information content (AvgIpc) is 2.61. The predicted molar refractivity (Wildman–Crippen MR) is 106 cm³/mol. The van der Waals surface area contributed by atoms with Gasteiger partial charge < -0.3 is 4.74 Å². The van der Waals surface area contributed by atoms with Crippen LogP contribution in [-0.4, -0.2) is 44.2 Å². The van der Waals surface area contributed by atoms with Gasteiger partial charge in [-0.2, -0.15) is 0 Å². The first-order valence-electron chi connectivity index (χ1n) is 9.15. The molecule has 0 bridgehead atoms. The molecule has 25 heavy (non-hydrogen) atoms. The third-order valence-corrected chi connectivity index (χ3v) is 4.79. The Balaban J connectivity index is 2.54. The summed E-state index contributed by atoms with van der Waals surface area (Å²) in [5.41, 5.74) is 6.74. The summed E-state index contributed by atoms with van der Waals surface area (Å²) in [6, 6.07) is 2.22. The van der Waals surface area contributed by atoms with E-state index in [1.54, 1.807) is 7.05 Å². The van der Waals surface area contributed by atoms with Crippen molar-refractivity contribution in [1.29, 1.82) is 0 Å². The number of nitrogens with zero attached hydrogens (tertiary/aromatic N) is 3. The second-order valence-electron chi connectivity index (χ2n) is 7.00. The zero-order valence-electron chi connectivity index (χ0n) is 16.5. The number of ether oxygens (including phenoxy) is 1. The minimum atomic E-state index is 0.347. The first-order valence-corrected chi connectivity index (χ1v) is 9.15. The quantitative estimate of drug-likeness (QED) is 0.750. The van der Waals surface area contributed by atoms with E-state index in [2.05, 4.69) is 49.8 Å². The molecule has 0 aliphatic carbocycles. The van der Waals surface area contributed by atoms with Gasteiger partial charge >= 0.3 is 0 Å². The summed E-state index contributed by atoms with van der Waals surface area (Å²) in [5.74, 6) is 0.802. The maximum atomic E-state index is 5.72. The monoisotopic (exact) mass is 341 g/mol.